The second-order valence-electron chi connectivity index (χ2n) is 17.2. The van der Waals surface area contributed by atoms with Crippen LogP contribution in [-0.4, -0.2) is 15.7 Å². The first kappa shape index (κ1) is 49.6. The molecule has 0 unspecified atom stereocenters. The fourth-order valence-electron chi connectivity index (χ4n) is 9.33. The number of hydrogen-bond donors (Lipinski definition) is 0. The summed E-state index contributed by atoms with van der Waals surface area (Å²) in [5, 5.41) is 5.66. The van der Waals surface area contributed by atoms with Crippen molar-refractivity contribution in [3.05, 3.63) is 131 Å². The number of aryl methyl sites for hydroxylation is 2. The first-order chi connectivity index (χ1) is 29.6. The monoisotopic (exact) mass is 958 g/mol. The van der Waals surface area contributed by atoms with Gasteiger partial charge in [-0.1, -0.05) is 175 Å². The third kappa shape index (κ3) is 16.3. The van der Waals surface area contributed by atoms with E-state index in [0.29, 0.717) is 9.52 Å². The molecule has 0 aliphatic heterocycles. The summed E-state index contributed by atoms with van der Waals surface area (Å²) in [6.07, 6.45) is 17.0. The number of hydrogen-bond acceptors (Lipinski definition) is 0. The molecule has 0 aromatic heterocycles. The molecule has 61 heavy (non-hydrogen) atoms. The number of halogens is 5. The van der Waals surface area contributed by atoms with Crippen LogP contribution in [0, 0.1) is 11.8 Å². The number of fused-ring (bicyclic) bond motifs is 2. The topological polar surface area (TPSA) is 0 Å². The fourth-order valence-corrected chi connectivity index (χ4v) is 9.86. The molecule has 0 amide bonds. The van der Waals surface area contributed by atoms with Crippen molar-refractivity contribution in [1.82, 2.24) is 0 Å². The van der Waals surface area contributed by atoms with Gasteiger partial charge in [0.1, 0.15) is 0 Å². The molecule has 6 aromatic rings. The van der Waals surface area contributed by atoms with Gasteiger partial charge >= 0.3 is 44.1 Å². The summed E-state index contributed by atoms with van der Waals surface area (Å²) < 4.78 is 33.7. The second kappa shape index (κ2) is 26.4. The number of rotatable bonds is 12. The van der Waals surface area contributed by atoms with Gasteiger partial charge in [0, 0.05) is 15.9 Å². The molecule has 324 valence electrons. The molecule has 0 bridgehead atoms. The van der Waals surface area contributed by atoms with Crippen LogP contribution >= 0.6 is 17.0 Å². The molecule has 0 heterocycles. The minimum atomic E-state index is -3.94. The molecular weight excluding hydrogens is 896 g/mol. The first-order valence-corrected chi connectivity index (χ1v) is 30.9. The van der Waals surface area contributed by atoms with Crippen molar-refractivity contribution in [1.29, 1.82) is 0 Å². The van der Waals surface area contributed by atoms with Gasteiger partial charge in [-0.15, -0.1) is 69.1 Å². The fraction of sp³-hybridized carbons (Fsp3) is 0.444. The molecule has 8 rings (SSSR count). The van der Waals surface area contributed by atoms with Crippen molar-refractivity contribution in [3.8, 4) is 22.3 Å². The van der Waals surface area contributed by atoms with Crippen molar-refractivity contribution in [2.45, 2.75) is 142 Å². The Morgan fingerprint density at radius 3 is 1.33 bits per heavy atom. The average Bonchev–Trinajstić information content (AvgIpc) is 3.88. The van der Waals surface area contributed by atoms with Gasteiger partial charge in [-0.2, -0.15) is 25.3 Å². The average molecular weight is 961 g/mol. The van der Waals surface area contributed by atoms with E-state index in [1.165, 1.54) is 169 Å². The van der Waals surface area contributed by atoms with Gasteiger partial charge < -0.3 is 0 Å². The Morgan fingerprint density at radius 1 is 0.607 bits per heavy atom. The van der Waals surface area contributed by atoms with Crippen LogP contribution in [-0.2, 0) is 46.5 Å². The Bertz CT molecular complexity index is 1980. The van der Waals surface area contributed by atoms with Gasteiger partial charge in [0.25, 0.3) is 0 Å². The van der Waals surface area contributed by atoms with Crippen LogP contribution in [0.2, 0.25) is 12.6 Å². The zero-order valence-electron chi connectivity index (χ0n) is 36.7. The molecule has 2 radical (unpaired) electrons. The Balaban J connectivity index is 0.000000187. The van der Waals surface area contributed by atoms with E-state index in [-0.39, 0.29) is 6.04 Å². The summed E-state index contributed by atoms with van der Waals surface area (Å²) in [5.74, 6) is 1.81. The summed E-state index contributed by atoms with van der Waals surface area (Å²) in [4.78, 5) is 0. The maximum absolute atomic E-state index is 11.2. The number of benzene rings is 4. The van der Waals surface area contributed by atoms with E-state index in [1.54, 1.807) is 6.55 Å². The van der Waals surface area contributed by atoms with Crippen LogP contribution < -0.4 is 0 Å². The van der Waals surface area contributed by atoms with E-state index in [9.17, 15) is 13.2 Å². The van der Waals surface area contributed by atoms with Crippen LogP contribution in [0.1, 0.15) is 120 Å². The van der Waals surface area contributed by atoms with Crippen molar-refractivity contribution >= 4 is 48.1 Å². The SMILES string of the molecule is CCCc1ccc(-c2cccc3[cH-]c(CC4CCCCC4)cc23)cc1.CCCc1ccc(-c2cccc3[cH-]c(CC4CCCCC4)cc23)cc1.C[Si]CCC(F)(F)F.[Cl][Zr+2][Cl]. The van der Waals surface area contributed by atoms with E-state index >= 15 is 0 Å². The Morgan fingerprint density at radius 2 is 1.00 bits per heavy atom. The Kier molecular flexibility index (Phi) is 21.4. The van der Waals surface area contributed by atoms with Gasteiger partial charge in [-0.3, -0.25) is 0 Å². The molecule has 0 atom stereocenters. The van der Waals surface area contributed by atoms with Crippen LogP contribution in [0.4, 0.5) is 13.2 Å². The van der Waals surface area contributed by atoms with Crippen molar-refractivity contribution in [3.63, 3.8) is 0 Å². The van der Waals surface area contributed by atoms with Gasteiger partial charge in [-0.05, 0) is 59.8 Å². The van der Waals surface area contributed by atoms with Crippen LogP contribution in [0.5, 0.6) is 0 Å². The van der Waals surface area contributed by atoms with E-state index in [1.807, 2.05) is 0 Å². The molecule has 0 spiro atoms. The molecule has 0 nitrogen and oxygen atoms in total. The molecular formula is C54H65Cl2F3SiZr. The standard InChI is InChI=1S/2C25H29.C4H7F3Si.2ClH.Zr/c2*1-2-7-19-12-14-22(15-13-19)24-11-6-10-23-17-21(18-25(23)24)16-20-8-4-3-5-9-20;1-8-3-2-4(5,6)7;;;/h2*6,10-15,17-18,20H,2-5,7-9,16H2,1H3;2-3H2,1H3;2*1H;/q2*-1;;;;+4/p-2. The molecule has 0 saturated heterocycles. The predicted molar refractivity (Wildman–Crippen MR) is 257 cm³/mol. The normalized spacial score (nSPS) is 14.6. The zero-order chi connectivity index (χ0) is 43.5. The number of alkyl halides is 3. The molecule has 6 aromatic carbocycles. The van der Waals surface area contributed by atoms with Crippen molar-refractivity contribution in [2.75, 3.05) is 0 Å². The summed E-state index contributed by atoms with van der Waals surface area (Å²) in [6.45, 7) is 6.25. The summed E-state index contributed by atoms with van der Waals surface area (Å²) in [6, 6.07) is 42.0. The zero-order valence-corrected chi connectivity index (χ0v) is 41.6. The predicted octanol–water partition coefficient (Wildman–Crippen LogP) is 18.1. The second-order valence-corrected chi connectivity index (χ2v) is 22.1. The maximum atomic E-state index is 11.2. The third-order valence-corrected chi connectivity index (χ3v) is 13.1. The minimum absolute atomic E-state index is 0.281. The quantitative estimate of drug-likeness (QED) is 0.0847. The molecule has 2 fully saturated rings. The Hall–Kier alpha value is -2.43. The van der Waals surface area contributed by atoms with Gasteiger partial charge in [0.2, 0.25) is 0 Å². The van der Waals surface area contributed by atoms with E-state index < -0.39 is 33.4 Å². The molecule has 2 saturated carbocycles. The van der Waals surface area contributed by atoms with Gasteiger partial charge in [0.05, 0.1) is 0 Å². The van der Waals surface area contributed by atoms with Gasteiger partial charge in [0.15, 0.2) is 0 Å². The summed E-state index contributed by atoms with van der Waals surface area (Å²) >= 11 is -0.826. The molecule has 2 aliphatic carbocycles. The molecule has 7 heteroatoms. The third-order valence-electron chi connectivity index (χ3n) is 12.4. The first-order valence-electron chi connectivity index (χ1n) is 22.9. The van der Waals surface area contributed by atoms with Gasteiger partial charge in [-0.25, -0.2) is 0 Å². The van der Waals surface area contributed by atoms with E-state index in [2.05, 4.69) is 123 Å². The van der Waals surface area contributed by atoms with E-state index in [0.717, 1.165) is 11.8 Å². The van der Waals surface area contributed by atoms with Crippen molar-refractivity contribution < 1.29 is 34.0 Å². The van der Waals surface area contributed by atoms with Crippen LogP contribution in [0.15, 0.2) is 109 Å². The summed E-state index contributed by atoms with van der Waals surface area (Å²) in [7, 11) is 10.3. The summed E-state index contributed by atoms with van der Waals surface area (Å²) in [5.41, 5.74) is 11.4. The Labute approximate surface area is 386 Å². The van der Waals surface area contributed by atoms with Crippen LogP contribution in [0.25, 0.3) is 43.8 Å². The van der Waals surface area contributed by atoms with Crippen LogP contribution in [0.3, 0.4) is 0 Å². The molecule has 0 N–H and O–H groups in total. The molecule has 2 aliphatic rings. The van der Waals surface area contributed by atoms with Crippen molar-refractivity contribution in [2.24, 2.45) is 11.8 Å². The van der Waals surface area contributed by atoms with E-state index in [4.69, 9.17) is 17.0 Å².